The molecule has 0 saturated carbocycles. The number of phenols is 2. The minimum absolute atomic E-state index is 0.0973. The molecule has 0 unspecified atom stereocenters. The fourth-order valence-electron chi connectivity index (χ4n) is 1.27. The lowest BCUT2D eigenvalue weighted by atomic mass is 10.2. The summed E-state index contributed by atoms with van der Waals surface area (Å²) in [6.45, 7) is 1.60. The average molecular weight is 178 g/mol. The van der Waals surface area contributed by atoms with E-state index in [1.807, 2.05) is 4.90 Å². The van der Waals surface area contributed by atoms with Crippen molar-refractivity contribution in [1.29, 1.82) is 0 Å². The Labute approximate surface area is 75.8 Å². The van der Waals surface area contributed by atoms with Crippen molar-refractivity contribution in [1.82, 2.24) is 0 Å². The van der Waals surface area contributed by atoms with Gasteiger partial charge >= 0.3 is 0 Å². The van der Waals surface area contributed by atoms with Gasteiger partial charge in [-0.05, 0) is 12.1 Å². The van der Waals surface area contributed by atoms with Crippen molar-refractivity contribution in [2.75, 3.05) is 18.0 Å². The topological polar surface area (TPSA) is 56.1 Å². The Morgan fingerprint density at radius 1 is 1.23 bits per heavy atom. The number of hydrogen-bond acceptors (Lipinski definition) is 4. The third kappa shape index (κ3) is 1.42. The molecule has 1 aliphatic rings. The van der Waals surface area contributed by atoms with Crippen LogP contribution in [0.5, 0.6) is 11.5 Å². The van der Waals surface area contributed by atoms with Crippen molar-refractivity contribution in [2.45, 2.75) is 0 Å². The van der Waals surface area contributed by atoms with Crippen LogP contribution in [0.25, 0.3) is 0 Å². The molecule has 0 fully saturated rings. The average Bonchev–Trinajstić information content (AvgIpc) is 2.62. The number of rotatable bonds is 1. The molecule has 1 aromatic rings. The monoisotopic (exact) mass is 178 g/mol. The van der Waals surface area contributed by atoms with E-state index in [1.165, 1.54) is 12.1 Å². The van der Waals surface area contributed by atoms with E-state index in [2.05, 4.69) is 4.99 Å². The van der Waals surface area contributed by atoms with Crippen molar-refractivity contribution >= 4 is 12.0 Å². The maximum atomic E-state index is 9.24. The Hall–Kier alpha value is -1.71. The Kier molecular flexibility index (Phi) is 1.81. The van der Waals surface area contributed by atoms with E-state index in [0.717, 1.165) is 18.8 Å². The van der Waals surface area contributed by atoms with E-state index >= 15 is 0 Å². The molecule has 1 aromatic carbocycles. The first-order chi connectivity index (χ1) is 6.27. The Morgan fingerprint density at radius 3 is 2.69 bits per heavy atom. The van der Waals surface area contributed by atoms with Gasteiger partial charge in [-0.1, -0.05) is 0 Å². The molecule has 68 valence electrons. The molecule has 1 aliphatic heterocycles. The molecule has 0 atom stereocenters. The summed E-state index contributed by atoms with van der Waals surface area (Å²) in [5.41, 5.74) is 0.844. The summed E-state index contributed by atoms with van der Waals surface area (Å²) in [7, 11) is 0. The molecule has 1 heterocycles. The van der Waals surface area contributed by atoms with Crippen molar-refractivity contribution in [2.24, 2.45) is 4.99 Å². The van der Waals surface area contributed by atoms with Crippen LogP contribution in [0.2, 0.25) is 0 Å². The van der Waals surface area contributed by atoms with Crippen LogP contribution in [-0.2, 0) is 0 Å². The van der Waals surface area contributed by atoms with Gasteiger partial charge in [0, 0.05) is 18.3 Å². The van der Waals surface area contributed by atoms with Gasteiger partial charge in [-0.25, -0.2) is 0 Å². The Balaban J connectivity index is 2.30. The van der Waals surface area contributed by atoms with Gasteiger partial charge in [-0.3, -0.25) is 4.99 Å². The maximum Gasteiger partial charge on any atom is 0.159 e. The zero-order chi connectivity index (χ0) is 9.26. The number of benzene rings is 1. The van der Waals surface area contributed by atoms with Crippen molar-refractivity contribution in [3.05, 3.63) is 18.2 Å². The molecule has 2 N–H and O–H groups in total. The molecule has 0 amide bonds. The Bertz CT molecular complexity index is 349. The van der Waals surface area contributed by atoms with Crippen LogP contribution in [0, 0.1) is 0 Å². The van der Waals surface area contributed by atoms with E-state index in [-0.39, 0.29) is 11.5 Å². The molecule has 4 nitrogen and oxygen atoms in total. The van der Waals surface area contributed by atoms with E-state index in [4.69, 9.17) is 5.11 Å². The molecule has 0 aromatic heterocycles. The summed E-state index contributed by atoms with van der Waals surface area (Å²) in [4.78, 5) is 5.97. The zero-order valence-electron chi connectivity index (χ0n) is 7.01. The van der Waals surface area contributed by atoms with Crippen LogP contribution >= 0.6 is 0 Å². The number of anilines is 1. The highest BCUT2D eigenvalue weighted by Gasteiger charge is 2.09. The van der Waals surface area contributed by atoms with Gasteiger partial charge in [0.1, 0.15) is 0 Å². The number of phenolic OH excluding ortho intramolecular Hbond substituents is 2. The van der Waals surface area contributed by atoms with Crippen LogP contribution in [-0.4, -0.2) is 29.6 Å². The second-order valence-corrected chi connectivity index (χ2v) is 2.89. The van der Waals surface area contributed by atoms with Crippen molar-refractivity contribution in [3.8, 4) is 11.5 Å². The highest BCUT2D eigenvalue weighted by molar-refractivity contribution is 5.81. The summed E-state index contributed by atoms with van der Waals surface area (Å²) in [5, 5.41) is 18.3. The van der Waals surface area contributed by atoms with Crippen LogP contribution < -0.4 is 4.90 Å². The number of aliphatic imine (C=N–C) groups is 1. The first-order valence-corrected chi connectivity index (χ1v) is 4.06. The first-order valence-electron chi connectivity index (χ1n) is 4.06. The van der Waals surface area contributed by atoms with E-state index in [9.17, 15) is 5.11 Å². The SMILES string of the molecule is Oc1ccc(N2C=NCC2)cc1O. The Morgan fingerprint density at radius 2 is 2.08 bits per heavy atom. The molecule has 0 aliphatic carbocycles. The third-order valence-corrected chi connectivity index (χ3v) is 1.98. The van der Waals surface area contributed by atoms with Crippen molar-refractivity contribution < 1.29 is 10.2 Å². The number of aromatic hydroxyl groups is 2. The summed E-state index contributed by atoms with van der Waals surface area (Å²) >= 11 is 0. The van der Waals surface area contributed by atoms with Crippen LogP contribution in [0.1, 0.15) is 0 Å². The lowest BCUT2D eigenvalue weighted by Gasteiger charge is -2.13. The molecule has 0 saturated heterocycles. The summed E-state index contributed by atoms with van der Waals surface area (Å²) in [6, 6.07) is 4.73. The largest absolute Gasteiger partial charge is 0.504 e. The molecule has 0 radical (unpaired) electrons. The van der Waals surface area contributed by atoms with E-state index in [0.29, 0.717) is 0 Å². The van der Waals surface area contributed by atoms with Crippen molar-refractivity contribution in [3.63, 3.8) is 0 Å². The lowest BCUT2D eigenvalue weighted by molar-refractivity contribution is 0.404. The molecule has 2 rings (SSSR count). The fraction of sp³-hybridized carbons (Fsp3) is 0.222. The zero-order valence-corrected chi connectivity index (χ0v) is 7.01. The van der Waals surface area contributed by atoms with E-state index in [1.54, 1.807) is 12.4 Å². The lowest BCUT2D eigenvalue weighted by Crippen LogP contribution is -2.17. The smallest absolute Gasteiger partial charge is 0.159 e. The second kappa shape index (κ2) is 2.97. The molecular formula is C9H10N2O2. The summed E-state index contributed by atoms with van der Waals surface area (Å²) < 4.78 is 0. The van der Waals surface area contributed by atoms with Gasteiger partial charge in [0.05, 0.1) is 12.9 Å². The number of hydrogen-bond donors (Lipinski definition) is 2. The normalized spacial score (nSPS) is 15.2. The predicted molar refractivity (Wildman–Crippen MR) is 50.5 cm³/mol. The van der Waals surface area contributed by atoms with Gasteiger partial charge in [-0.2, -0.15) is 0 Å². The van der Waals surface area contributed by atoms with Gasteiger partial charge in [0.2, 0.25) is 0 Å². The minimum atomic E-state index is -0.0993. The van der Waals surface area contributed by atoms with Crippen LogP contribution in [0.3, 0.4) is 0 Å². The summed E-state index contributed by atoms with van der Waals surface area (Å²) in [5.74, 6) is -0.197. The first kappa shape index (κ1) is 7.91. The maximum absolute atomic E-state index is 9.24. The van der Waals surface area contributed by atoms with Gasteiger partial charge in [0.25, 0.3) is 0 Å². The predicted octanol–water partition coefficient (Wildman–Crippen LogP) is 0.946. The molecule has 4 heteroatoms. The standard InChI is InChI=1S/C9H10N2O2/c12-8-2-1-7(5-9(8)13)11-4-3-10-6-11/h1-2,5-6,12-13H,3-4H2. The molecule has 0 spiro atoms. The highest BCUT2D eigenvalue weighted by atomic mass is 16.3. The fourth-order valence-corrected chi connectivity index (χ4v) is 1.27. The van der Waals surface area contributed by atoms with Gasteiger partial charge in [0.15, 0.2) is 11.5 Å². The quantitative estimate of drug-likeness (QED) is 0.629. The highest BCUT2D eigenvalue weighted by Crippen LogP contribution is 2.29. The number of nitrogens with zero attached hydrogens (tertiary/aromatic N) is 2. The van der Waals surface area contributed by atoms with Crippen LogP contribution in [0.15, 0.2) is 23.2 Å². The van der Waals surface area contributed by atoms with Gasteiger partial charge in [-0.15, -0.1) is 0 Å². The molecule has 13 heavy (non-hydrogen) atoms. The second-order valence-electron chi connectivity index (χ2n) is 2.89. The minimum Gasteiger partial charge on any atom is -0.504 e. The summed E-state index contributed by atoms with van der Waals surface area (Å²) in [6.07, 6.45) is 1.73. The molecule has 0 bridgehead atoms. The van der Waals surface area contributed by atoms with Gasteiger partial charge < -0.3 is 15.1 Å². The third-order valence-electron chi connectivity index (χ3n) is 1.98. The van der Waals surface area contributed by atoms with E-state index < -0.39 is 0 Å². The van der Waals surface area contributed by atoms with Crippen LogP contribution in [0.4, 0.5) is 5.69 Å². The molecular weight excluding hydrogens is 168 g/mol.